The van der Waals surface area contributed by atoms with Gasteiger partial charge in [0.2, 0.25) is 0 Å². The number of carbonyl (C=O) groups is 1. The number of halogens is 2. The van der Waals surface area contributed by atoms with Gasteiger partial charge in [-0.3, -0.25) is 9.48 Å². The molecular formula is C21H25BrFN5O. The van der Waals surface area contributed by atoms with Gasteiger partial charge in [0.15, 0.2) is 5.82 Å². The largest absolute Gasteiger partial charge is 0.340 e. The number of amides is 1. The van der Waals surface area contributed by atoms with Gasteiger partial charge in [-0.2, -0.15) is 5.10 Å². The van der Waals surface area contributed by atoms with Crippen LogP contribution in [0.25, 0.3) is 11.0 Å². The molecule has 29 heavy (non-hydrogen) atoms. The molecule has 1 amide bonds. The third kappa shape index (κ3) is 3.70. The fraction of sp³-hybridized carbons (Fsp3) is 0.476. The standard InChI is InChI=1S/C21H25BrFN5O/c1-12-4-6-13(7-5-12)18(26-21(29)16-10-11-24-28(16)3)20-25-15-9-8-14(22)17(23)19(15)27(20)2/h8-13,18H,4-7H2,1-3H3,(H,26,29)/t12?,13?,18-/m0/s1. The summed E-state index contributed by atoms with van der Waals surface area (Å²) in [6.45, 7) is 2.27. The minimum Gasteiger partial charge on any atom is -0.340 e. The minimum atomic E-state index is -0.335. The highest BCUT2D eigenvalue weighted by atomic mass is 79.9. The van der Waals surface area contributed by atoms with Crippen molar-refractivity contribution in [2.24, 2.45) is 25.9 Å². The van der Waals surface area contributed by atoms with Crippen molar-refractivity contribution < 1.29 is 9.18 Å². The molecule has 2 aromatic heterocycles. The van der Waals surface area contributed by atoms with Crippen molar-refractivity contribution in [1.82, 2.24) is 24.6 Å². The molecular weight excluding hydrogens is 437 g/mol. The first-order chi connectivity index (χ1) is 13.9. The fourth-order valence-corrected chi connectivity index (χ4v) is 4.67. The van der Waals surface area contributed by atoms with E-state index in [2.05, 4.69) is 33.3 Å². The number of nitrogens with one attached hydrogen (secondary N) is 1. The predicted octanol–water partition coefficient (Wildman–Crippen LogP) is 4.51. The molecule has 6 nitrogen and oxygen atoms in total. The number of aromatic nitrogens is 4. The smallest absolute Gasteiger partial charge is 0.270 e. The second kappa shape index (κ2) is 7.89. The zero-order chi connectivity index (χ0) is 20.7. The van der Waals surface area contributed by atoms with Gasteiger partial charge in [0.1, 0.15) is 17.0 Å². The first-order valence-corrected chi connectivity index (χ1v) is 10.7. The molecule has 1 aliphatic rings. The molecule has 1 aliphatic carbocycles. The van der Waals surface area contributed by atoms with Crippen molar-refractivity contribution >= 4 is 32.9 Å². The maximum Gasteiger partial charge on any atom is 0.270 e. The van der Waals surface area contributed by atoms with E-state index in [1.807, 2.05) is 7.05 Å². The van der Waals surface area contributed by atoms with Crippen LogP contribution in [0.2, 0.25) is 0 Å². The Labute approximate surface area is 177 Å². The lowest BCUT2D eigenvalue weighted by molar-refractivity contribution is 0.0893. The van der Waals surface area contributed by atoms with Crippen LogP contribution in [-0.2, 0) is 14.1 Å². The van der Waals surface area contributed by atoms with Gasteiger partial charge in [-0.1, -0.05) is 19.8 Å². The Morgan fingerprint density at radius 1 is 1.24 bits per heavy atom. The quantitative estimate of drug-likeness (QED) is 0.621. The second-order valence-electron chi connectivity index (χ2n) is 8.07. The van der Waals surface area contributed by atoms with Crippen molar-refractivity contribution in [3.05, 3.63) is 46.2 Å². The van der Waals surface area contributed by atoms with Gasteiger partial charge in [-0.15, -0.1) is 0 Å². The Bertz CT molecular complexity index is 1050. The van der Waals surface area contributed by atoms with Gasteiger partial charge in [0.05, 0.1) is 16.0 Å². The van der Waals surface area contributed by atoms with E-state index in [9.17, 15) is 9.18 Å². The molecule has 1 saturated carbocycles. The third-order valence-electron chi connectivity index (χ3n) is 6.11. The number of hydrogen-bond donors (Lipinski definition) is 1. The van der Waals surface area contributed by atoms with Crippen LogP contribution in [0, 0.1) is 17.7 Å². The molecule has 8 heteroatoms. The maximum atomic E-state index is 14.8. The molecule has 1 aromatic carbocycles. The van der Waals surface area contributed by atoms with Crippen molar-refractivity contribution in [3.63, 3.8) is 0 Å². The van der Waals surface area contributed by atoms with Crippen molar-refractivity contribution in [3.8, 4) is 0 Å². The number of carbonyl (C=O) groups excluding carboxylic acids is 1. The first kappa shape index (κ1) is 20.1. The van der Waals surface area contributed by atoms with Gasteiger partial charge >= 0.3 is 0 Å². The van der Waals surface area contributed by atoms with E-state index in [4.69, 9.17) is 4.98 Å². The van der Waals surface area contributed by atoms with Crippen LogP contribution in [0.4, 0.5) is 4.39 Å². The van der Waals surface area contributed by atoms with Crippen LogP contribution in [0.15, 0.2) is 28.9 Å². The summed E-state index contributed by atoms with van der Waals surface area (Å²) in [6, 6.07) is 4.87. The van der Waals surface area contributed by atoms with Gasteiger partial charge in [-0.25, -0.2) is 9.37 Å². The SMILES string of the molecule is CC1CCC([C@H](NC(=O)c2ccnn2C)c2nc3ccc(Br)c(F)c3n2C)CC1. The first-order valence-electron chi connectivity index (χ1n) is 9.96. The number of fused-ring (bicyclic) bond motifs is 1. The number of aryl methyl sites for hydroxylation is 2. The molecule has 0 radical (unpaired) electrons. The molecule has 0 unspecified atom stereocenters. The minimum absolute atomic E-state index is 0.192. The topological polar surface area (TPSA) is 64.7 Å². The van der Waals surface area contributed by atoms with Crippen molar-refractivity contribution in [2.45, 2.75) is 38.6 Å². The van der Waals surface area contributed by atoms with Crippen LogP contribution >= 0.6 is 15.9 Å². The average Bonchev–Trinajstić information content (AvgIpc) is 3.27. The van der Waals surface area contributed by atoms with Crippen LogP contribution in [0.3, 0.4) is 0 Å². The normalized spacial score (nSPS) is 20.7. The highest BCUT2D eigenvalue weighted by Gasteiger charge is 2.33. The number of rotatable bonds is 4. The molecule has 0 bridgehead atoms. The zero-order valence-electron chi connectivity index (χ0n) is 16.8. The van der Waals surface area contributed by atoms with E-state index in [-0.39, 0.29) is 23.7 Å². The molecule has 2 heterocycles. The van der Waals surface area contributed by atoms with Gasteiger partial charge in [0, 0.05) is 20.3 Å². The van der Waals surface area contributed by atoms with E-state index < -0.39 is 0 Å². The monoisotopic (exact) mass is 461 g/mol. The van der Waals surface area contributed by atoms with E-state index >= 15 is 0 Å². The Kier molecular flexibility index (Phi) is 5.46. The van der Waals surface area contributed by atoms with Crippen molar-refractivity contribution in [1.29, 1.82) is 0 Å². The number of benzene rings is 1. The summed E-state index contributed by atoms with van der Waals surface area (Å²) in [7, 11) is 3.56. The zero-order valence-corrected chi connectivity index (χ0v) is 18.4. The predicted molar refractivity (Wildman–Crippen MR) is 113 cm³/mol. The Hall–Kier alpha value is -2.22. The lowest BCUT2D eigenvalue weighted by atomic mass is 9.79. The summed E-state index contributed by atoms with van der Waals surface area (Å²) >= 11 is 3.26. The molecule has 1 fully saturated rings. The van der Waals surface area contributed by atoms with Crippen LogP contribution in [0.5, 0.6) is 0 Å². The lowest BCUT2D eigenvalue weighted by Gasteiger charge is -2.33. The van der Waals surface area contributed by atoms with Crippen LogP contribution in [0.1, 0.15) is 55.0 Å². The van der Waals surface area contributed by atoms with Crippen LogP contribution in [-0.4, -0.2) is 25.2 Å². The van der Waals surface area contributed by atoms with Crippen molar-refractivity contribution in [2.75, 3.05) is 0 Å². The Balaban J connectivity index is 1.75. The molecule has 154 valence electrons. The average molecular weight is 462 g/mol. The molecule has 3 aromatic rings. The summed E-state index contributed by atoms with van der Waals surface area (Å²) in [4.78, 5) is 17.7. The molecule has 0 spiro atoms. The van der Waals surface area contributed by atoms with Crippen LogP contribution < -0.4 is 5.32 Å². The highest BCUT2D eigenvalue weighted by Crippen LogP contribution is 2.38. The summed E-state index contributed by atoms with van der Waals surface area (Å²) in [5.41, 5.74) is 1.53. The molecule has 4 rings (SSSR count). The third-order valence-corrected chi connectivity index (χ3v) is 6.72. The van der Waals surface area contributed by atoms with E-state index in [0.29, 0.717) is 32.9 Å². The molecule has 1 atom stereocenters. The maximum absolute atomic E-state index is 14.8. The van der Waals surface area contributed by atoms with Gasteiger partial charge in [-0.05, 0) is 58.8 Å². The fourth-order valence-electron chi connectivity index (χ4n) is 4.35. The van der Waals surface area contributed by atoms with E-state index in [0.717, 1.165) is 25.7 Å². The molecule has 1 N–H and O–H groups in total. The highest BCUT2D eigenvalue weighted by molar-refractivity contribution is 9.10. The Morgan fingerprint density at radius 3 is 2.62 bits per heavy atom. The summed E-state index contributed by atoms with van der Waals surface area (Å²) < 4.78 is 18.5. The Morgan fingerprint density at radius 2 is 1.97 bits per heavy atom. The number of hydrogen-bond acceptors (Lipinski definition) is 3. The summed E-state index contributed by atoms with van der Waals surface area (Å²) in [5.74, 6) is 1.10. The number of nitrogens with zero attached hydrogens (tertiary/aromatic N) is 4. The number of imidazole rings is 1. The van der Waals surface area contributed by atoms with Gasteiger partial charge in [0.25, 0.3) is 5.91 Å². The van der Waals surface area contributed by atoms with E-state index in [1.165, 1.54) is 0 Å². The van der Waals surface area contributed by atoms with E-state index in [1.54, 1.807) is 40.7 Å². The second-order valence-corrected chi connectivity index (χ2v) is 8.92. The van der Waals surface area contributed by atoms with Gasteiger partial charge < -0.3 is 9.88 Å². The summed E-state index contributed by atoms with van der Waals surface area (Å²) in [5, 5.41) is 7.27. The molecule has 0 aliphatic heterocycles. The molecule has 0 saturated heterocycles. The summed E-state index contributed by atoms with van der Waals surface area (Å²) in [6.07, 6.45) is 5.85. The lowest BCUT2D eigenvalue weighted by Crippen LogP contribution is -2.37.